The fraction of sp³-hybridized carbons (Fsp3) is 0.750. The van der Waals surface area contributed by atoms with Crippen LogP contribution in [-0.4, -0.2) is 27.7 Å². The Kier molecular flexibility index (Phi) is 5.71. The number of aliphatic hydroxyl groups excluding tert-OH is 1. The SMILES string of the molecule is CC(/C=C/[C@H](C)C(C)C)=C1\CC[C@H]2C3=CC(=O)[C@@]4(O)C[C@@H](O)CC[C@]4(C)[C@H]3CC[C@]12C. The highest BCUT2D eigenvalue weighted by Crippen LogP contribution is 2.66. The fourth-order valence-electron chi connectivity index (χ4n) is 7.44. The van der Waals surface area contributed by atoms with Gasteiger partial charge >= 0.3 is 0 Å². The average Bonchev–Trinajstić information content (AvgIpc) is 3.05. The van der Waals surface area contributed by atoms with E-state index in [-0.39, 0.29) is 23.5 Å². The van der Waals surface area contributed by atoms with Gasteiger partial charge in [-0.05, 0) is 80.6 Å². The van der Waals surface area contributed by atoms with E-state index in [2.05, 4.69) is 53.7 Å². The van der Waals surface area contributed by atoms with Crippen LogP contribution in [0.3, 0.4) is 0 Å². The summed E-state index contributed by atoms with van der Waals surface area (Å²) >= 11 is 0. The van der Waals surface area contributed by atoms with Gasteiger partial charge < -0.3 is 10.2 Å². The second-order valence-electron chi connectivity index (χ2n) is 11.9. The number of rotatable bonds is 3. The number of aliphatic hydroxyl groups is 2. The maximum Gasteiger partial charge on any atom is 0.187 e. The Morgan fingerprint density at radius 2 is 1.84 bits per heavy atom. The predicted molar refractivity (Wildman–Crippen MR) is 125 cm³/mol. The summed E-state index contributed by atoms with van der Waals surface area (Å²) in [7, 11) is 0. The summed E-state index contributed by atoms with van der Waals surface area (Å²) < 4.78 is 0. The normalized spacial score (nSPS) is 45.3. The van der Waals surface area contributed by atoms with E-state index in [1.165, 1.54) is 11.1 Å². The van der Waals surface area contributed by atoms with E-state index in [9.17, 15) is 15.0 Å². The standard InChI is InChI=1S/C28H42O3/c1-17(2)18(3)7-8-19(4)22-9-10-23-21-15-25(30)28(31)16-20(29)11-14-27(28,6)24(21)12-13-26(22,23)5/h7-8,15,17-18,20,23-24,29,31H,9-14,16H2,1-6H3/b8-7+,22-19-/t18-,20-,23-,24-,26+,27+,28-/m0/s1. The maximum atomic E-state index is 13.2. The first kappa shape index (κ1) is 23.0. The van der Waals surface area contributed by atoms with Crippen molar-refractivity contribution < 1.29 is 15.0 Å². The quantitative estimate of drug-likeness (QED) is 0.602. The molecule has 7 atom stereocenters. The zero-order valence-corrected chi connectivity index (χ0v) is 20.4. The third-order valence-electron chi connectivity index (χ3n) is 10.0. The molecule has 0 amide bonds. The zero-order valence-electron chi connectivity index (χ0n) is 20.4. The molecule has 31 heavy (non-hydrogen) atoms. The second kappa shape index (κ2) is 7.70. The van der Waals surface area contributed by atoms with Crippen LogP contribution in [0, 0.1) is 34.5 Å². The highest BCUT2D eigenvalue weighted by Gasteiger charge is 2.64. The molecule has 0 bridgehead atoms. The number of carbonyl (C=O) groups is 1. The van der Waals surface area contributed by atoms with E-state index < -0.39 is 17.1 Å². The first-order valence-electron chi connectivity index (χ1n) is 12.5. The summed E-state index contributed by atoms with van der Waals surface area (Å²) in [4.78, 5) is 13.2. The lowest BCUT2D eigenvalue weighted by Crippen LogP contribution is -2.63. The Morgan fingerprint density at radius 3 is 2.52 bits per heavy atom. The molecule has 0 radical (unpaired) electrons. The smallest absolute Gasteiger partial charge is 0.187 e. The van der Waals surface area contributed by atoms with Gasteiger partial charge in [-0.2, -0.15) is 0 Å². The molecule has 4 rings (SSSR count). The highest BCUT2D eigenvalue weighted by molar-refractivity contribution is 5.99. The number of allylic oxidation sites excluding steroid dienone is 5. The third kappa shape index (κ3) is 3.33. The Morgan fingerprint density at radius 1 is 1.13 bits per heavy atom. The molecule has 4 aliphatic rings. The number of carbonyl (C=O) groups excluding carboxylic acids is 1. The molecule has 0 unspecified atom stereocenters. The number of fused-ring (bicyclic) bond motifs is 5. The van der Waals surface area contributed by atoms with Crippen LogP contribution in [0.5, 0.6) is 0 Å². The monoisotopic (exact) mass is 426 g/mol. The molecule has 0 aromatic heterocycles. The summed E-state index contributed by atoms with van der Waals surface area (Å²) in [6.07, 6.45) is 11.8. The number of hydrogen-bond acceptors (Lipinski definition) is 3. The molecular formula is C28H42O3. The van der Waals surface area contributed by atoms with Crippen molar-refractivity contribution in [2.45, 2.75) is 98.2 Å². The molecule has 2 N–H and O–H groups in total. The van der Waals surface area contributed by atoms with Gasteiger partial charge in [0.05, 0.1) is 6.10 Å². The largest absolute Gasteiger partial charge is 0.393 e. The Balaban J connectivity index is 1.69. The first-order valence-corrected chi connectivity index (χ1v) is 12.5. The first-order chi connectivity index (χ1) is 14.4. The second-order valence-corrected chi connectivity index (χ2v) is 11.9. The van der Waals surface area contributed by atoms with Crippen LogP contribution in [0.2, 0.25) is 0 Å². The lowest BCUT2D eigenvalue weighted by atomic mass is 9.46. The minimum atomic E-state index is -1.41. The van der Waals surface area contributed by atoms with Crippen molar-refractivity contribution in [2.75, 3.05) is 0 Å². The summed E-state index contributed by atoms with van der Waals surface area (Å²) in [5.74, 6) is 1.68. The summed E-state index contributed by atoms with van der Waals surface area (Å²) in [5, 5.41) is 21.7. The van der Waals surface area contributed by atoms with Gasteiger partial charge in [-0.15, -0.1) is 0 Å². The molecule has 3 heteroatoms. The van der Waals surface area contributed by atoms with E-state index in [0.717, 1.165) is 32.1 Å². The zero-order chi connectivity index (χ0) is 22.8. The van der Waals surface area contributed by atoms with Crippen LogP contribution in [-0.2, 0) is 4.79 Å². The Labute approximate surface area is 188 Å². The van der Waals surface area contributed by atoms with Crippen molar-refractivity contribution in [1.82, 2.24) is 0 Å². The van der Waals surface area contributed by atoms with Gasteiger partial charge in [-0.25, -0.2) is 0 Å². The molecule has 0 saturated heterocycles. The summed E-state index contributed by atoms with van der Waals surface area (Å²) in [6, 6.07) is 0. The van der Waals surface area contributed by atoms with Crippen molar-refractivity contribution in [3.8, 4) is 0 Å². The Hall–Kier alpha value is -1.19. The van der Waals surface area contributed by atoms with Gasteiger partial charge in [0, 0.05) is 11.8 Å². The summed E-state index contributed by atoms with van der Waals surface area (Å²) in [5.41, 5.74) is 2.52. The average molecular weight is 427 g/mol. The van der Waals surface area contributed by atoms with Gasteiger partial charge in [0.2, 0.25) is 0 Å². The van der Waals surface area contributed by atoms with Crippen LogP contribution >= 0.6 is 0 Å². The maximum absolute atomic E-state index is 13.2. The van der Waals surface area contributed by atoms with Crippen LogP contribution in [0.15, 0.2) is 34.9 Å². The van der Waals surface area contributed by atoms with Gasteiger partial charge in [0.25, 0.3) is 0 Å². The van der Waals surface area contributed by atoms with Crippen molar-refractivity contribution in [2.24, 2.45) is 34.5 Å². The minimum Gasteiger partial charge on any atom is -0.393 e. The molecule has 3 nitrogen and oxygen atoms in total. The van der Waals surface area contributed by atoms with Gasteiger partial charge in [0.1, 0.15) is 5.60 Å². The van der Waals surface area contributed by atoms with Crippen molar-refractivity contribution in [1.29, 1.82) is 0 Å². The van der Waals surface area contributed by atoms with Crippen LogP contribution in [0.4, 0.5) is 0 Å². The van der Waals surface area contributed by atoms with Crippen LogP contribution in [0.25, 0.3) is 0 Å². The highest BCUT2D eigenvalue weighted by atomic mass is 16.3. The van der Waals surface area contributed by atoms with Crippen molar-refractivity contribution >= 4 is 5.78 Å². The molecule has 0 aromatic rings. The molecule has 4 aliphatic carbocycles. The molecule has 172 valence electrons. The van der Waals surface area contributed by atoms with E-state index in [1.54, 1.807) is 5.57 Å². The fourth-order valence-corrected chi connectivity index (χ4v) is 7.44. The van der Waals surface area contributed by atoms with Crippen LogP contribution < -0.4 is 0 Å². The molecule has 0 spiro atoms. The minimum absolute atomic E-state index is 0.109. The van der Waals surface area contributed by atoms with Crippen molar-refractivity contribution in [3.05, 3.63) is 34.9 Å². The molecule has 0 aromatic carbocycles. The molecule has 3 saturated carbocycles. The van der Waals surface area contributed by atoms with Gasteiger partial charge in [-0.1, -0.05) is 63.5 Å². The molecule has 3 fully saturated rings. The van der Waals surface area contributed by atoms with Gasteiger partial charge in [-0.3, -0.25) is 4.79 Å². The lowest BCUT2D eigenvalue weighted by Gasteiger charge is -2.59. The Bertz CT molecular complexity index is 848. The molecular weight excluding hydrogens is 384 g/mol. The predicted octanol–water partition coefficient (Wildman–Crippen LogP) is 5.77. The van der Waals surface area contributed by atoms with Crippen LogP contribution in [0.1, 0.15) is 86.5 Å². The van der Waals surface area contributed by atoms with E-state index in [4.69, 9.17) is 0 Å². The third-order valence-corrected chi connectivity index (χ3v) is 10.0. The number of hydrogen-bond donors (Lipinski definition) is 2. The topological polar surface area (TPSA) is 57.5 Å². The lowest BCUT2D eigenvalue weighted by molar-refractivity contribution is -0.179. The molecule has 0 heterocycles. The van der Waals surface area contributed by atoms with E-state index >= 15 is 0 Å². The number of ketones is 1. The van der Waals surface area contributed by atoms with E-state index in [0.29, 0.717) is 24.2 Å². The van der Waals surface area contributed by atoms with Gasteiger partial charge in [0.15, 0.2) is 5.78 Å². The summed E-state index contributed by atoms with van der Waals surface area (Å²) in [6.45, 7) is 13.6. The molecule has 0 aliphatic heterocycles. The van der Waals surface area contributed by atoms with E-state index in [1.807, 2.05) is 6.08 Å². The van der Waals surface area contributed by atoms with Crippen molar-refractivity contribution in [3.63, 3.8) is 0 Å².